The van der Waals surface area contributed by atoms with Crippen LogP contribution in [0.4, 0.5) is 4.79 Å². The molecule has 0 saturated heterocycles. The number of nitrogens with two attached hydrogens (primary N) is 1. The van der Waals surface area contributed by atoms with Crippen LogP contribution >= 0.6 is 0 Å². The van der Waals surface area contributed by atoms with Gasteiger partial charge in [0.25, 0.3) is 5.91 Å². The summed E-state index contributed by atoms with van der Waals surface area (Å²) in [6, 6.07) is 0. The number of primary amides is 1. The molecule has 2 bridgehead atoms. The first-order chi connectivity index (χ1) is 20.7. The van der Waals surface area contributed by atoms with Crippen LogP contribution in [-0.4, -0.2) is 99.4 Å². The van der Waals surface area contributed by atoms with E-state index in [-0.39, 0.29) is 34.9 Å². The molecule has 12 nitrogen and oxygen atoms in total. The molecule has 5 N–H and O–H groups in total. The van der Waals surface area contributed by atoms with E-state index in [4.69, 9.17) is 19.9 Å². The fourth-order valence-corrected chi connectivity index (χ4v) is 5.18. The second-order valence-corrected chi connectivity index (χ2v) is 11.7. The highest BCUT2D eigenvalue weighted by atomic mass is 16.6. The van der Waals surface area contributed by atoms with E-state index in [0.29, 0.717) is 25.1 Å². The van der Waals surface area contributed by atoms with Gasteiger partial charge in [0.15, 0.2) is 6.10 Å². The number of methoxy groups -OCH3 is 2. The van der Waals surface area contributed by atoms with Crippen LogP contribution in [0.1, 0.15) is 40.5 Å². The first-order valence-electron chi connectivity index (χ1n) is 14.7. The Labute approximate surface area is 260 Å². The summed E-state index contributed by atoms with van der Waals surface area (Å²) in [5, 5.41) is 17.0. The lowest BCUT2D eigenvalue weighted by atomic mass is 9.85. The number of rotatable bonds is 7. The predicted octanol–water partition coefficient (Wildman–Crippen LogP) is 1.91. The monoisotopic (exact) mass is 616 g/mol. The van der Waals surface area contributed by atoms with Crippen molar-refractivity contribution in [2.24, 2.45) is 17.6 Å². The minimum Gasteiger partial charge on any atom is -0.439 e. The van der Waals surface area contributed by atoms with Crippen LogP contribution in [0.3, 0.4) is 0 Å². The second-order valence-electron chi connectivity index (χ2n) is 11.7. The first-order valence-corrected chi connectivity index (χ1v) is 14.7. The number of aliphatic hydroxyl groups excluding tert-OH is 1. The number of likely N-dealkylation sites (N-methyl/N-ethyl adjacent to an activating group) is 1. The van der Waals surface area contributed by atoms with Gasteiger partial charge in [0.1, 0.15) is 6.10 Å². The van der Waals surface area contributed by atoms with E-state index in [9.17, 15) is 24.3 Å². The zero-order valence-corrected chi connectivity index (χ0v) is 27.0. The Hall–Kier alpha value is -3.58. The maximum atomic E-state index is 13.7. The molecule has 12 heteroatoms. The summed E-state index contributed by atoms with van der Waals surface area (Å²) in [5.41, 5.74) is 6.55. The molecule has 0 radical (unpaired) electrons. The number of carbonyl (C=O) groups is 4. The Kier molecular flexibility index (Phi) is 14.2. The lowest BCUT2D eigenvalue weighted by Gasteiger charge is -2.30. The van der Waals surface area contributed by atoms with Gasteiger partial charge in [-0.2, -0.15) is 0 Å². The molecule has 0 spiro atoms. The number of ketones is 2. The van der Waals surface area contributed by atoms with E-state index >= 15 is 0 Å². The number of aliphatic hydroxyl groups is 1. The van der Waals surface area contributed by atoms with Crippen LogP contribution in [-0.2, 0) is 28.6 Å². The molecule has 1 aliphatic carbocycles. The molecule has 2 amide bonds. The number of amides is 2. The van der Waals surface area contributed by atoms with Gasteiger partial charge in [-0.1, -0.05) is 38.2 Å². The van der Waals surface area contributed by atoms with Crippen molar-refractivity contribution in [3.8, 4) is 0 Å². The van der Waals surface area contributed by atoms with E-state index in [1.807, 2.05) is 32.8 Å². The Morgan fingerprint density at radius 2 is 1.84 bits per heavy atom. The van der Waals surface area contributed by atoms with E-state index in [1.165, 1.54) is 20.3 Å². The van der Waals surface area contributed by atoms with Gasteiger partial charge in [-0.25, -0.2) is 4.79 Å². The molecule has 1 heterocycles. The van der Waals surface area contributed by atoms with E-state index in [0.717, 1.165) is 6.08 Å². The molecule has 0 aromatic heterocycles. The lowest BCUT2D eigenvalue weighted by Crippen LogP contribution is -2.38. The summed E-state index contributed by atoms with van der Waals surface area (Å²) < 4.78 is 16.6. The van der Waals surface area contributed by atoms with Gasteiger partial charge in [-0.05, 0) is 52.3 Å². The molecule has 0 fully saturated rings. The number of nitrogens with zero attached hydrogens (tertiary/aromatic N) is 1. The molecular formula is C32H48N4O8. The number of hydrogen-bond acceptors (Lipinski definition) is 10. The van der Waals surface area contributed by atoms with Crippen molar-refractivity contribution in [2.75, 3.05) is 41.4 Å². The van der Waals surface area contributed by atoms with Crippen molar-refractivity contribution >= 4 is 23.6 Å². The Morgan fingerprint density at radius 1 is 1.16 bits per heavy atom. The molecule has 2 rings (SSSR count). The van der Waals surface area contributed by atoms with Crippen molar-refractivity contribution in [2.45, 2.75) is 65.0 Å². The van der Waals surface area contributed by atoms with Gasteiger partial charge >= 0.3 is 6.09 Å². The maximum Gasteiger partial charge on any atom is 0.405 e. The van der Waals surface area contributed by atoms with Crippen LogP contribution in [0.25, 0.3) is 0 Å². The van der Waals surface area contributed by atoms with Crippen molar-refractivity contribution in [1.29, 1.82) is 0 Å². The molecule has 2 unspecified atom stereocenters. The molecule has 44 heavy (non-hydrogen) atoms. The number of ether oxygens (including phenoxy) is 3. The van der Waals surface area contributed by atoms with Gasteiger partial charge in [0.05, 0.1) is 23.6 Å². The van der Waals surface area contributed by atoms with Crippen molar-refractivity contribution in [1.82, 2.24) is 15.5 Å². The van der Waals surface area contributed by atoms with Gasteiger partial charge in [0.2, 0.25) is 11.6 Å². The average molecular weight is 617 g/mol. The van der Waals surface area contributed by atoms with E-state index < -0.39 is 53.9 Å². The van der Waals surface area contributed by atoms with Crippen molar-refractivity contribution in [3.05, 3.63) is 58.5 Å². The summed E-state index contributed by atoms with van der Waals surface area (Å²) >= 11 is 0. The fraction of sp³-hybridized carbons (Fsp3) is 0.562. The highest BCUT2D eigenvalue weighted by Gasteiger charge is 2.33. The topological polar surface area (TPSA) is 170 Å². The summed E-state index contributed by atoms with van der Waals surface area (Å²) in [6.45, 7) is 8.09. The molecule has 244 valence electrons. The standard InChI is InChI=1S/C32H48N4O8/c1-18-14-22-27(34-12-13-36(5)6)24(37)17-23(29(22)39)35-31(40)19(2)10-9-11-25(42-7)30(44-32(33)41)21(4)16-20(3)28(38)26(15-18)43-8/h9-11,16-18,20,25-26,28,30,34,38H,12-15H2,1-8H3,(H2,33,41)(H,35,40)/b11-9+,19-10-,21-16+/t18-,20+,25?,26?,28-,30+/m1/s1. The zero-order valence-electron chi connectivity index (χ0n) is 27.0. The van der Waals surface area contributed by atoms with Gasteiger partial charge in [-0.15, -0.1) is 0 Å². The third kappa shape index (κ3) is 10.3. The molecule has 0 aromatic rings. The number of carbonyl (C=O) groups excluding carboxylic acids is 4. The number of allylic oxidation sites excluding steroid dienone is 4. The zero-order chi connectivity index (χ0) is 33.1. The normalized spacial score (nSPS) is 31.0. The summed E-state index contributed by atoms with van der Waals surface area (Å²) in [5.74, 6) is -2.06. The van der Waals surface area contributed by atoms with Gasteiger partial charge in [-0.3, -0.25) is 14.4 Å². The molecule has 0 saturated carbocycles. The van der Waals surface area contributed by atoms with Crippen LogP contribution in [0.15, 0.2) is 58.5 Å². The average Bonchev–Trinajstić information content (AvgIpc) is 2.95. The lowest BCUT2D eigenvalue weighted by molar-refractivity contribution is -0.120. The highest BCUT2D eigenvalue weighted by molar-refractivity contribution is 6.23. The highest BCUT2D eigenvalue weighted by Crippen LogP contribution is 2.28. The summed E-state index contributed by atoms with van der Waals surface area (Å²) in [7, 11) is 6.74. The molecule has 6 atom stereocenters. The van der Waals surface area contributed by atoms with Crippen LogP contribution in [0.2, 0.25) is 0 Å². The summed E-state index contributed by atoms with van der Waals surface area (Å²) in [4.78, 5) is 53.7. The SMILES string of the molecule is COC1/C=C/C=C(/C)C(=O)NC2=CC(=O)C(NCCN(C)C)=C(C[C@@H](C)CC(OC)[C@H](O)[C@@H](C)/C=C(\C)[C@@H]1OC(N)=O)C2=O. The largest absolute Gasteiger partial charge is 0.439 e. The predicted molar refractivity (Wildman–Crippen MR) is 166 cm³/mol. The smallest absolute Gasteiger partial charge is 0.405 e. The maximum absolute atomic E-state index is 13.7. The Bertz CT molecular complexity index is 1230. The summed E-state index contributed by atoms with van der Waals surface area (Å²) in [6.07, 6.45) is 3.88. The number of hydrogen-bond donors (Lipinski definition) is 4. The third-order valence-corrected chi connectivity index (χ3v) is 7.65. The Balaban J connectivity index is 2.60. The molecule has 1 aliphatic heterocycles. The van der Waals surface area contributed by atoms with Crippen LogP contribution in [0, 0.1) is 11.8 Å². The molecule has 0 aromatic carbocycles. The van der Waals surface area contributed by atoms with Gasteiger partial charge < -0.3 is 40.6 Å². The third-order valence-electron chi connectivity index (χ3n) is 7.65. The van der Waals surface area contributed by atoms with Crippen molar-refractivity contribution in [3.63, 3.8) is 0 Å². The van der Waals surface area contributed by atoms with Crippen LogP contribution in [0.5, 0.6) is 0 Å². The number of fused-ring (bicyclic) bond motifs is 2. The quantitative estimate of drug-likeness (QED) is 0.245. The minimum absolute atomic E-state index is 0.114. The fourth-order valence-electron chi connectivity index (χ4n) is 5.18. The second kappa shape index (κ2) is 17.0. The van der Waals surface area contributed by atoms with Gasteiger partial charge in [0, 0.05) is 50.4 Å². The molecular weight excluding hydrogens is 568 g/mol. The number of nitrogens with one attached hydrogen (secondary N) is 2. The van der Waals surface area contributed by atoms with Crippen molar-refractivity contribution < 1.29 is 38.5 Å². The molecule has 2 aliphatic rings. The van der Waals surface area contributed by atoms with E-state index in [1.54, 1.807) is 32.1 Å². The van der Waals surface area contributed by atoms with Crippen LogP contribution < -0.4 is 16.4 Å². The number of Topliss-reactive ketones (excluding diaryl/α,β-unsaturated/α-hetero) is 1. The van der Waals surface area contributed by atoms with E-state index in [2.05, 4.69) is 10.6 Å². The minimum atomic E-state index is -0.997. The first kappa shape index (κ1) is 36.6. The Morgan fingerprint density at radius 3 is 2.43 bits per heavy atom.